The predicted octanol–water partition coefficient (Wildman–Crippen LogP) is 5.29. The van der Waals surface area contributed by atoms with Crippen molar-refractivity contribution in [2.45, 2.75) is 0 Å². The third-order valence-corrected chi connectivity index (χ3v) is 7.08. The monoisotopic (exact) mass is 455 g/mol. The second-order valence-electron chi connectivity index (χ2n) is 6.90. The van der Waals surface area contributed by atoms with E-state index >= 15 is 0 Å². The third kappa shape index (κ3) is 3.81. The van der Waals surface area contributed by atoms with Gasteiger partial charge < -0.3 is 14.6 Å². The number of fused-ring (bicyclic) bond motifs is 1. The van der Waals surface area contributed by atoms with E-state index < -0.39 is 0 Å². The molecule has 0 unspecified atom stereocenters. The molecule has 5 nitrogen and oxygen atoms in total. The lowest BCUT2D eigenvalue weighted by atomic mass is 10.1. The molecule has 1 aromatic carbocycles. The van der Waals surface area contributed by atoms with Crippen molar-refractivity contribution >= 4 is 61.3 Å². The van der Waals surface area contributed by atoms with Crippen LogP contribution in [0.25, 0.3) is 31.8 Å². The number of morpholine rings is 1. The maximum Gasteiger partial charge on any atom is 0.260 e. The van der Waals surface area contributed by atoms with Gasteiger partial charge in [0.15, 0.2) is 5.82 Å². The molecule has 0 spiro atoms. The fraction of sp³-hybridized carbons (Fsp3) is 0.182. The topological polar surface area (TPSA) is 58.2 Å². The summed E-state index contributed by atoms with van der Waals surface area (Å²) < 4.78 is 5.41. The zero-order chi connectivity index (χ0) is 20.5. The highest BCUT2D eigenvalue weighted by atomic mass is 35.5. The van der Waals surface area contributed by atoms with E-state index in [0.29, 0.717) is 21.1 Å². The minimum absolute atomic E-state index is 0.172. The molecule has 1 N–H and O–H groups in total. The summed E-state index contributed by atoms with van der Waals surface area (Å²) in [4.78, 5) is 24.3. The van der Waals surface area contributed by atoms with Gasteiger partial charge in [0.1, 0.15) is 4.83 Å². The van der Waals surface area contributed by atoms with Crippen LogP contribution in [0.4, 0.5) is 5.69 Å². The number of halogens is 1. The fourth-order valence-corrected chi connectivity index (χ4v) is 5.47. The largest absolute Gasteiger partial charge is 0.378 e. The average molecular weight is 456 g/mol. The predicted molar refractivity (Wildman–Crippen MR) is 127 cm³/mol. The van der Waals surface area contributed by atoms with Crippen LogP contribution >= 0.6 is 34.3 Å². The van der Waals surface area contributed by atoms with E-state index in [1.807, 2.05) is 41.1 Å². The summed E-state index contributed by atoms with van der Waals surface area (Å²) in [6, 6.07) is 12.2. The van der Waals surface area contributed by atoms with Gasteiger partial charge in [-0.3, -0.25) is 4.79 Å². The fourth-order valence-electron chi connectivity index (χ4n) is 3.49. The summed E-state index contributed by atoms with van der Waals surface area (Å²) in [5.41, 5.74) is 2.86. The molecule has 5 rings (SSSR count). The van der Waals surface area contributed by atoms with E-state index in [4.69, 9.17) is 16.3 Å². The number of nitrogens with one attached hydrogen (secondary N) is 1. The molecular formula is C22H18ClN3O2S2. The van der Waals surface area contributed by atoms with Gasteiger partial charge in [0.25, 0.3) is 5.56 Å². The number of thiophene rings is 2. The highest BCUT2D eigenvalue weighted by molar-refractivity contribution is 7.18. The Kier molecular flexibility index (Phi) is 5.43. The SMILES string of the molecule is O=c1[nH]c(/C(Cl)=C\c2ccc(N3CCOCC3)cc2)nc2scc(-c3cccs3)c12. The number of aromatic amines is 1. The highest BCUT2D eigenvalue weighted by Gasteiger charge is 2.15. The Labute approximate surface area is 186 Å². The van der Waals surface area contributed by atoms with Crippen LogP contribution in [0, 0.1) is 0 Å². The van der Waals surface area contributed by atoms with Gasteiger partial charge in [-0.15, -0.1) is 22.7 Å². The summed E-state index contributed by atoms with van der Waals surface area (Å²) in [6.07, 6.45) is 1.82. The van der Waals surface area contributed by atoms with Crippen molar-refractivity contribution in [1.29, 1.82) is 0 Å². The highest BCUT2D eigenvalue weighted by Crippen LogP contribution is 2.34. The van der Waals surface area contributed by atoms with Crippen molar-refractivity contribution in [1.82, 2.24) is 9.97 Å². The molecule has 0 bridgehead atoms. The molecule has 1 aliphatic rings. The van der Waals surface area contributed by atoms with Gasteiger partial charge in [0.2, 0.25) is 0 Å². The first kappa shape index (κ1) is 19.5. The summed E-state index contributed by atoms with van der Waals surface area (Å²) in [7, 11) is 0. The van der Waals surface area contributed by atoms with Crippen molar-refractivity contribution in [2.24, 2.45) is 0 Å². The normalized spacial score (nSPS) is 15.1. The van der Waals surface area contributed by atoms with Crippen LogP contribution < -0.4 is 10.5 Å². The number of rotatable bonds is 4. The zero-order valence-corrected chi connectivity index (χ0v) is 18.3. The van der Waals surface area contributed by atoms with Gasteiger partial charge in [-0.25, -0.2) is 4.98 Å². The van der Waals surface area contributed by atoms with Crippen molar-refractivity contribution in [2.75, 3.05) is 31.2 Å². The van der Waals surface area contributed by atoms with E-state index in [1.54, 1.807) is 11.3 Å². The van der Waals surface area contributed by atoms with Crippen molar-refractivity contribution in [3.05, 3.63) is 68.9 Å². The number of hydrogen-bond acceptors (Lipinski definition) is 6. The van der Waals surface area contributed by atoms with Crippen LogP contribution in [0.3, 0.4) is 0 Å². The molecule has 8 heteroatoms. The first-order chi connectivity index (χ1) is 14.7. The molecule has 152 valence electrons. The first-order valence-corrected chi connectivity index (χ1v) is 11.7. The summed E-state index contributed by atoms with van der Waals surface area (Å²) in [6.45, 7) is 3.31. The molecule has 4 aromatic rings. The number of nitrogens with zero attached hydrogens (tertiary/aromatic N) is 2. The van der Waals surface area contributed by atoms with E-state index in [9.17, 15) is 4.79 Å². The van der Waals surface area contributed by atoms with Gasteiger partial charge in [-0.2, -0.15) is 0 Å². The van der Waals surface area contributed by atoms with Crippen LogP contribution in [-0.4, -0.2) is 36.3 Å². The Morgan fingerprint density at radius 2 is 1.97 bits per heavy atom. The maximum atomic E-state index is 12.8. The molecule has 0 aliphatic carbocycles. The van der Waals surface area contributed by atoms with Crippen LogP contribution in [-0.2, 0) is 4.74 Å². The van der Waals surface area contributed by atoms with Gasteiger partial charge in [-0.05, 0) is 35.2 Å². The minimum Gasteiger partial charge on any atom is -0.378 e. The number of hydrogen-bond donors (Lipinski definition) is 1. The van der Waals surface area contributed by atoms with Gasteiger partial charge in [0.05, 0.1) is 23.6 Å². The van der Waals surface area contributed by atoms with E-state index in [0.717, 1.165) is 42.3 Å². The van der Waals surface area contributed by atoms with Gasteiger partial charge >= 0.3 is 0 Å². The quantitative estimate of drug-likeness (QED) is 0.454. The Balaban J connectivity index is 1.43. The average Bonchev–Trinajstić information content (AvgIpc) is 3.45. The molecule has 1 aliphatic heterocycles. The Hall–Kier alpha value is -2.45. The number of aromatic nitrogens is 2. The van der Waals surface area contributed by atoms with E-state index in [2.05, 4.69) is 27.0 Å². The number of ether oxygens (including phenoxy) is 1. The van der Waals surface area contributed by atoms with E-state index in [1.165, 1.54) is 17.0 Å². The van der Waals surface area contributed by atoms with Crippen LogP contribution in [0.1, 0.15) is 11.4 Å². The van der Waals surface area contributed by atoms with Gasteiger partial charge in [-0.1, -0.05) is 29.8 Å². The lowest BCUT2D eigenvalue weighted by Gasteiger charge is -2.28. The number of H-pyrrole nitrogens is 1. The van der Waals surface area contributed by atoms with Crippen LogP contribution in [0.5, 0.6) is 0 Å². The molecule has 0 radical (unpaired) electrons. The Morgan fingerprint density at radius 3 is 2.70 bits per heavy atom. The molecule has 3 aromatic heterocycles. The lowest BCUT2D eigenvalue weighted by molar-refractivity contribution is 0.122. The molecule has 0 amide bonds. The summed E-state index contributed by atoms with van der Waals surface area (Å²) in [5.74, 6) is 0.381. The molecular weight excluding hydrogens is 438 g/mol. The summed E-state index contributed by atoms with van der Waals surface area (Å²) >= 11 is 9.58. The Morgan fingerprint density at radius 1 is 1.17 bits per heavy atom. The first-order valence-electron chi connectivity index (χ1n) is 9.55. The molecule has 0 saturated carbocycles. The molecule has 1 saturated heterocycles. The van der Waals surface area contributed by atoms with Crippen molar-refractivity contribution in [3.63, 3.8) is 0 Å². The summed E-state index contributed by atoms with van der Waals surface area (Å²) in [5, 5.41) is 4.99. The number of anilines is 1. The molecule has 0 atom stereocenters. The third-order valence-electron chi connectivity index (χ3n) is 5.02. The van der Waals surface area contributed by atoms with Crippen LogP contribution in [0.15, 0.2) is 52.0 Å². The van der Waals surface area contributed by atoms with Crippen LogP contribution in [0.2, 0.25) is 0 Å². The lowest BCUT2D eigenvalue weighted by Crippen LogP contribution is -2.36. The zero-order valence-electron chi connectivity index (χ0n) is 15.9. The standard InChI is InChI=1S/C22H18ClN3O2S2/c23-17(12-14-3-5-15(6-4-14)26-7-9-28-10-8-26)20-24-21(27)19-16(13-30-22(19)25-20)18-2-1-11-29-18/h1-6,11-13H,7-10H2,(H,24,25,27)/b17-12+. The second kappa shape index (κ2) is 8.35. The molecule has 1 fully saturated rings. The molecule has 30 heavy (non-hydrogen) atoms. The Bertz CT molecular complexity index is 1250. The van der Waals surface area contributed by atoms with Crippen molar-refractivity contribution in [3.8, 4) is 10.4 Å². The van der Waals surface area contributed by atoms with Gasteiger partial charge in [0, 0.05) is 34.6 Å². The maximum absolute atomic E-state index is 12.8. The van der Waals surface area contributed by atoms with Crippen molar-refractivity contribution < 1.29 is 4.74 Å². The molecule has 4 heterocycles. The second-order valence-corrected chi connectivity index (χ2v) is 9.12. The minimum atomic E-state index is -0.172. The van der Waals surface area contributed by atoms with E-state index in [-0.39, 0.29) is 5.56 Å². The number of benzene rings is 1. The smallest absolute Gasteiger partial charge is 0.260 e.